The number of hydrogen-bond acceptors (Lipinski definition) is 2. The van der Waals surface area contributed by atoms with Gasteiger partial charge in [0, 0.05) is 11.6 Å². The molecule has 0 radical (unpaired) electrons. The van der Waals surface area contributed by atoms with Gasteiger partial charge in [0.2, 0.25) is 0 Å². The molecule has 1 aromatic carbocycles. The van der Waals surface area contributed by atoms with Gasteiger partial charge in [-0.15, -0.1) is 0 Å². The van der Waals surface area contributed by atoms with Gasteiger partial charge >= 0.3 is 0 Å². The zero-order valence-electron chi connectivity index (χ0n) is 12.8. The van der Waals surface area contributed by atoms with E-state index in [1.54, 1.807) is 6.07 Å². The Labute approximate surface area is 126 Å². The van der Waals surface area contributed by atoms with Crippen LogP contribution in [0.25, 0.3) is 0 Å². The molecule has 2 nitrogen and oxygen atoms in total. The molecule has 0 saturated carbocycles. The highest BCUT2D eigenvalue weighted by Gasteiger charge is 2.18. The molecule has 1 aliphatic rings. The van der Waals surface area contributed by atoms with E-state index in [0.29, 0.717) is 6.42 Å². The third-order valence-electron chi connectivity index (χ3n) is 4.65. The zero-order valence-corrected chi connectivity index (χ0v) is 12.8. The van der Waals surface area contributed by atoms with Crippen LogP contribution in [0.3, 0.4) is 0 Å². The molecule has 1 aliphatic heterocycles. The van der Waals surface area contributed by atoms with Gasteiger partial charge in [-0.05, 0) is 57.3 Å². The molecule has 0 amide bonds. The highest BCUT2D eigenvalue weighted by atomic mass is 19.2. The Morgan fingerprint density at radius 2 is 2.10 bits per heavy atom. The zero-order chi connectivity index (χ0) is 15.2. The van der Waals surface area contributed by atoms with Crippen LogP contribution >= 0.6 is 0 Å². The highest BCUT2D eigenvalue weighted by Crippen LogP contribution is 2.23. The summed E-state index contributed by atoms with van der Waals surface area (Å²) >= 11 is 0. The average molecular weight is 296 g/mol. The summed E-state index contributed by atoms with van der Waals surface area (Å²) in [5.41, 5.74) is 6.33. The first kappa shape index (κ1) is 16.4. The van der Waals surface area contributed by atoms with Gasteiger partial charge in [-0.25, -0.2) is 8.78 Å². The van der Waals surface area contributed by atoms with Crippen molar-refractivity contribution in [3.05, 3.63) is 35.4 Å². The maximum absolute atomic E-state index is 13.7. The maximum Gasteiger partial charge on any atom is 0.163 e. The van der Waals surface area contributed by atoms with Crippen molar-refractivity contribution in [1.29, 1.82) is 0 Å². The van der Waals surface area contributed by atoms with E-state index < -0.39 is 17.7 Å². The first-order valence-corrected chi connectivity index (χ1v) is 8.03. The minimum absolute atomic E-state index is 0.288. The van der Waals surface area contributed by atoms with Crippen molar-refractivity contribution in [1.82, 2.24) is 4.90 Å². The SMILES string of the molecule is CCC1CCCN(CCC(N)c2cccc(F)c2F)CC1. The Morgan fingerprint density at radius 1 is 1.29 bits per heavy atom. The van der Waals surface area contributed by atoms with Gasteiger partial charge in [0.25, 0.3) is 0 Å². The predicted molar refractivity (Wildman–Crippen MR) is 82.0 cm³/mol. The lowest BCUT2D eigenvalue weighted by Crippen LogP contribution is -2.29. The van der Waals surface area contributed by atoms with E-state index in [2.05, 4.69) is 11.8 Å². The van der Waals surface area contributed by atoms with Crippen molar-refractivity contribution in [2.24, 2.45) is 11.7 Å². The molecule has 0 bridgehead atoms. The standard InChI is InChI=1S/C17H26F2N2/c1-2-13-5-4-10-21(11-8-13)12-9-16(20)14-6-3-7-15(18)17(14)19/h3,6-7,13,16H,2,4-5,8-12,20H2,1H3. The van der Waals surface area contributed by atoms with Gasteiger partial charge in [-0.1, -0.05) is 25.5 Å². The molecule has 2 unspecified atom stereocenters. The predicted octanol–water partition coefficient (Wildman–Crippen LogP) is 3.87. The second-order valence-electron chi connectivity index (χ2n) is 6.09. The van der Waals surface area contributed by atoms with E-state index >= 15 is 0 Å². The lowest BCUT2D eigenvalue weighted by atomic mass is 9.98. The van der Waals surface area contributed by atoms with Crippen LogP contribution in [-0.2, 0) is 0 Å². The van der Waals surface area contributed by atoms with Crippen LogP contribution in [0.1, 0.15) is 50.6 Å². The number of halogens is 2. The first-order chi connectivity index (χ1) is 10.1. The molecule has 0 spiro atoms. The lowest BCUT2D eigenvalue weighted by Gasteiger charge is -2.22. The number of rotatable bonds is 5. The summed E-state index contributed by atoms with van der Waals surface area (Å²) in [4.78, 5) is 2.41. The minimum Gasteiger partial charge on any atom is -0.324 e. The fourth-order valence-corrected chi connectivity index (χ4v) is 3.14. The van der Waals surface area contributed by atoms with E-state index in [-0.39, 0.29) is 5.56 Å². The summed E-state index contributed by atoms with van der Waals surface area (Å²) in [6, 6.07) is 3.79. The topological polar surface area (TPSA) is 29.3 Å². The van der Waals surface area contributed by atoms with Crippen molar-refractivity contribution in [2.45, 2.75) is 45.1 Å². The third kappa shape index (κ3) is 4.48. The van der Waals surface area contributed by atoms with Crippen LogP contribution in [-0.4, -0.2) is 24.5 Å². The van der Waals surface area contributed by atoms with Crippen LogP contribution in [0.5, 0.6) is 0 Å². The first-order valence-electron chi connectivity index (χ1n) is 8.03. The van der Waals surface area contributed by atoms with Crippen molar-refractivity contribution in [3.8, 4) is 0 Å². The fraction of sp³-hybridized carbons (Fsp3) is 0.647. The molecule has 1 saturated heterocycles. The van der Waals surface area contributed by atoms with E-state index in [1.165, 1.54) is 31.7 Å². The largest absolute Gasteiger partial charge is 0.324 e. The second kappa shape index (κ2) is 7.85. The minimum atomic E-state index is -0.816. The summed E-state index contributed by atoms with van der Waals surface area (Å²) in [6.07, 6.45) is 5.68. The molecular weight excluding hydrogens is 270 g/mol. The molecular formula is C17H26F2N2. The molecule has 0 aliphatic carbocycles. The van der Waals surface area contributed by atoms with Gasteiger partial charge in [0.05, 0.1) is 0 Å². The maximum atomic E-state index is 13.7. The van der Waals surface area contributed by atoms with Gasteiger partial charge < -0.3 is 10.6 Å². The van der Waals surface area contributed by atoms with Crippen LogP contribution < -0.4 is 5.73 Å². The molecule has 4 heteroatoms. The van der Waals surface area contributed by atoms with Crippen molar-refractivity contribution in [2.75, 3.05) is 19.6 Å². The monoisotopic (exact) mass is 296 g/mol. The molecule has 2 N–H and O–H groups in total. The van der Waals surface area contributed by atoms with Gasteiger partial charge in [-0.3, -0.25) is 0 Å². The highest BCUT2D eigenvalue weighted by molar-refractivity contribution is 5.22. The van der Waals surface area contributed by atoms with Gasteiger partial charge in [0.15, 0.2) is 11.6 Å². The summed E-state index contributed by atoms with van der Waals surface area (Å²) in [5, 5.41) is 0. The molecule has 2 rings (SSSR count). The van der Waals surface area contributed by atoms with Gasteiger partial charge in [-0.2, -0.15) is 0 Å². The smallest absolute Gasteiger partial charge is 0.163 e. The molecule has 0 aromatic heterocycles. The molecule has 21 heavy (non-hydrogen) atoms. The van der Waals surface area contributed by atoms with E-state index in [1.807, 2.05) is 0 Å². The summed E-state index contributed by atoms with van der Waals surface area (Å²) in [6.45, 7) is 5.29. The quantitative estimate of drug-likeness (QED) is 0.894. The van der Waals surface area contributed by atoms with Crippen molar-refractivity contribution in [3.63, 3.8) is 0 Å². The van der Waals surface area contributed by atoms with E-state index in [0.717, 1.165) is 31.6 Å². The van der Waals surface area contributed by atoms with Crippen LogP contribution in [0.2, 0.25) is 0 Å². The number of nitrogens with two attached hydrogens (primary N) is 1. The molecule has 1 fully saturated rings. The number of likely N-dealkylation sites (tertiary alicyclic amines) is 1. The average Bonchev–Trinajstić information content (AvgIpc) is 2.72. The lowest BCUT2D eigenvalue weighted by molar-refractivity contribution is 0.268. The summed E-state index contributed by atoms with van der Waals surface area (Å²) in [5.74, 6) is -0.778. The Bertz CT molecular complexity index is 450. The molecule has 1 heterocycles. The van der Waals surface area contributed by atoms with Crippen LogP contribution in [0.15, 0.2) is 18.2 Å². The normalized spacial score (nSPS) is 22.0. The number of benzene rings is 1. The second-order valence-corrected chi connectivity index (χ2v) is 6.09. The van der Waals surface area contributed by atoms with Crippen LogP contribution in [0.4, 0.5) is 8.78 Å². The summed E-state index contributed by atoms with van der Waals surface area (Å²) in [7, 11) is 0. The van der Waals surface area contributed by atoms with Crippen molar-refractivity contribution >= 4 is 0 Å². The molecule has 118 valence electrons. The number of nitrogens with zero attached hydrogens (tertiary/aromatic N) is 1. The van der Waals surface area contributed by atoms with Gasteiger partial charge in [0.1, 0.15) is 0 Å². The Balaban J connectivity index is 1.86. The fourth-order valence-electron chi connectivity index (χ4n) is 3.14. The molecule has 2 atom stereocenters. The Hall–Kier alpha value is -1.00. The van der Waals surface area contributed by atoms with E-state index in [4.69, 9.17) is 5.73 Å². The Morgan fingerprint density at radius 3 is 2.86 bits per heavy atom. The molecule has 1 aromatic rings. The van der Waals surface area contributed by atoms with Crippen molar-refractivity contribution < 1.29 is 8.78 Å². The third-order valence-corrected chi connectivity index (χ3v) is 4.65. The summed E-state index contributed by atoms with van der Waals surface area (Å²) < 4.78 is 26.9. The van der Waals surface area contributed by atoms with Crippen LogP contribution in [0, 0.1) is 17.6 Å². The number of hydrogen-bond donors (Lipinski definition) is 1. The Kier molecular flexibility index (Phi) is 6.12. The van der Waals surface area contributed by atoms with E-state index in [9.17, 15) is 8.78 Å².